The number of hydrogen-bond acceptors (Lipinski definition) is 4. The van der Waals surface area contributed by atoms with Gasteiger partial charge >= 0.3 is 0 Å². The van der Waals surface area contributed by atoms with E-state index in [1.807, 2.05) is 26.2 Å². The van der Waals surface area contributed by atoms with Crippen LogP contribution in [0.15, 0.2) is 29.0 Å². The number of rotatable bonds is 6. The average Bonchev–Trinajstić information content (AvgIpc) is 2.81. The van der Waals surface area contributed by atoms with Gasteiger partial charge in [-0.05, 0) is 37.0 Å². The van der Waals surface area contributed by atoms with E-state index in [1.165, 1.54) is 12.0 Å². The van der Waals surface area contributed by atoms with Crippen molar-refractivity contribution >= 4 is 17.0 Å². The summed E-state index contributed by atoms with van der Waals surface area (Å²) < 4.78 is 5.27. The van der Waals surface area contributed by atoms with Gasteiger partial charge in [0.2, 0.25) is 5.91 Å². The summed E-state index contributed by atoms with van der Waals surface area (Å²) >= 11 is 0. The van der Waals surface area contributed by atoms with Gasteiger partial charge in [-0.1, -0.05) is 6.07 Å². The summed E-state index contributed by atoms with van der Waals surface area (Å²) in [5.41, 5.74) is 5.66. The first-order valence-corrected chi connectivity index (χ1v) is 6.44. The van der Waals surface area contributed by atoms with Crippen LogP contribution in [-0.2, 0) is 11.2 Å². The normalized spacial score (nSPS) is 11.1. The molecule has 102 valence electrons. The molecule has 19 heavy (non-hydrogen) atoms. The van der Waals surface area contributed by atoms with Crippen molar-refractivity contribution in [1.29, 1.82) is 0 Å². The molecule has 0 aliphatic heterocycles. The van der Waals surface area contributed by atoms with Gasteiger partial charge in [0.1, 0.15) is 5.52 Å². The number of hydrazine groups is 1. The summed E-state index contributed by atoms with van der Waals surface area (Å²) in [6.45, 7) is 0. The number of fused-ring (bicyclic) bond motifs is 1. The van der Waals surface area contributed by atoms with E-state index in [0.717, 1.165) is 30.4 Å². The molecule has 0 atom stereocenters. The topological polar surface area (TPSA) is 58.4 Å². The number of amides is 1. The molecule has 5 heteroatoms. The average molecular weight is 261 g/mol. The molecule has 0 saturated carbocycles. The quantitative estimate of drug-likeness (QED) is 0.639. The zero-order valence-corrected chi connectivity index (χ0v) is 11.3. The number of hydrogen-bond donors (Lipinski definition) is 1. The molecule has 0 bridgehead atoms. The van der Waals surface area contributed by atoms with Gasteiger partial charge in [0.05, 0.1) is 0 Å². The maximum Gasteiger partial charge on any atom is 0.234 e. The van der Waals surface area contributed by atoms with Gasteiger partial charge in [0, 0.05) is 20.5 Å². The maximum absolute atomic E-state index is 11.4. The molecule has 0 radical (unpaired) electrons. The number of nitrogens with one attached hydrogen (secondary N) is 1. The fourth-order valence-corrected chi connectivity index (χ4v) is 1.97. The highest BCUT2D eigenvalue weighted by Gasteiger charge is 2.03. The first-order valence-electron chi connectivity index (χ1n) is 6.44. The lowest BCUT2D eigenvalue weighted by Crippen LogP contribution is -2.35. The zero-order valence-electron chi connectivity index (χ0n) is 11.3. The van der Waals surface area contributed by atoms with Crippen LogP contribution in [-0.4, -0.2) is 30.0 Å². The van der Waals surface area contributed by atoms with Crippen molar-refractivity contribution in [2.45, 2.75) is 25.7 Å². The molecule has 0 aliphatic carbocycles. The molecule has 1 aromatic heterocycles. The molecule has 1 aromatic carbocycles. The van der Waals surface area contributed by atoms with E-state index in [-0.39, 0.29) is 5.91 Å². The molecule has 0 spiro atoms. The Bertz CT molecular complexity index is 548. The molecule has 2 aromatic rings. The van der Waals surface area contributed by atoms with E-state index >= 15 is 0 Å². The van der Waals surface area contributed by atoms with E-state index in [2.05, 4.69) is 16.5 Å². The summed E-state index contributed by atoms with van der Waals surface area (Å²) in [6.07, 6.45) is 4.84. The van der Waals surface area contributed by atoms with Gasteiger partial charge in [-0.3, -0.25) is 10.2 Å². The van der Waals surface area contributed by atoms with Crippen LogP contribution < -0.4 is 5.43 Å². The van der Waals surface area contributed by atoms with Crippen LogP contribution in [0.25, 0.3) is 11.1 Å². The minimum Gasteiger partial charge on any atom is -0.443 e. The summed E-state index contributed by atoms with van der Waals surface area (Å²) in [5, 5.41) is 1.67. The van der Waals surface area contributed by atoms with Crippen LogP contribution in [0.5, 0.6) is 0 Å². The molecule has 1 amide bonds. The number of carbonyl (C=O) groups is 1. The number of unbranched alkanes of at least 4 members (excludes halogenated alkanes) is 1. The van der Waals surface area contributed by atoms with Crippen molar-refractivity contribution in [3.8, 4) is 0 Å². The van der Waals surface area contributed by atoms with Gasteiger partial charge < -0.3 is 4.42 Å². The van der Waals surface area contributed by atoms with Gasteiger partial charge in [-0.15, -0.1) is 0 Å². The van der Waals surface area contributed by atoms with E-state index < -0.39 is 0 Å². The van der Waals surface area contributed by atoms with Crippen molar-refractivity contribution in [2.75, 3.05) is 14.1 Å². The number of benzene rings is 1. The number of aryl methyl sites for hydroxylation is 1. The second-order valence-corrected chi connectivity index (χ2v) is 4.79. The van der Waals surface area contributed by atoms with Crippen LogP contribution in [0.1, 0.15) is 24.8 Å². The molecule has 5 nitrogen and oxygen atoms in total. The van der Waals surface area contributed by atoms with Crippen molar-refractivity contribution < 1.29 is 9.21 Å². The standard InChI is InChI=1S/C14H19N3O2/c1-17(2)16-14(18)6-4-3-5-11-7-8-12-13(9-11)19-10-15-12/h7-10H,3-6H2,1-2H3,(H,16,18). The first kappa shape index (κ1) is 13.5. The molecular formula is C14H19N3O2. The summed E-state index contributed by atoms with van der Waals surface area (Å²) in [7, 11) is 3.62. The van der Waals surface area contributed by atoms with Crippen molar-refractivity contribution in [3.63, 3.8) is 0 Å². The van der Waals surface area contributed by atoms with Gasteiger partial charge in [-0.25, -0.2) is 9.99 Å². The van der Waals surface area contributed by atoms with Crippen molar-refractivity contribution in [3.05, 3.63) is 30.2 Å². The predicted molar refractivity (Wildman–Crippen MR) is 73.4 cm³/mol. The highest BCUT2D eigenvalue weighted by Crippen LogP contribution is 2.16. The Hall–Kier alpha value is -1.88. The van der Waals surface area contributed by atoms with Crippen LogP contribution in [0.4, 0.5) is 0 Å². The van der Waals surface area contributed by atoms with E-state index in [9.17, 15) is 4.79 Å². The third-order valence-electron chi connectivity index (χ3n) is 2.86. The number of aromatic nitrogens is 1. The second-order valence-electron chi connectivity index (χ2n) is 4.79. The van der Waals surface area contributed by atoms with Crippen LogP contribution in [0, 0.1) is 0 Å². The van der Waals surface area contributed by atoms with Crippen molar-refractivity contribution in [2.24, 2.45) is 0 Å². The van der Waals surface area contributed by atoms with E-state index in [0.29, 0.717) is 6.42 Å². The van der Waals surface area contributed by atoms with Gasteiger partial charge in [-0.2, -0.15) is 0 Å². The first-order chi connectivity index (χ1) is 9.15. The van der Waals surface area contributed by atoms with Crippen LogP contribution in [0.2, 0.25) is 0 Å². The molecule has 1 N–H and O–H groups in total. The smallest absolute Gasteiger partial charge is 0.234 e. The SMILES string of the molecule is CN(C)NC(=O)CCCCc1ccc2ncoc2c1. The minimum atomic E-state index is 0.0655. The molecular weight excluding hydrogens is 242 g/mol. The zero-order chi connectivity index (χ0) is 13.7. The van der Waals surface area contributed by atoms with E-state index in [4.69, 9.17) is 4.42 Å². The number of carbonyl (C=O) groups excluding carboxylic acids is 1. The molecule has 1 heterocycles. The Morgan fingerprint density at radius 1 is 1.37 bits per heavy atom. The Morgan fingerprint density at radius 2 is 2.21 bits per heavy atom. The monoisotopic (exact) mass is 261 g/mol. The lowest BCUT2D eigenvalue weighted by Gasteiger charge is -2.11. The van der Waals surface area contributed by atoms with E-state index in [1.54, 1.807) is 5.01 Å². The second kappa shape index (κ2) is 6.33. The Morgan fingerprint density at radius 3 is 3.00 bits per heavy atom. The molecule has 0 unspecified atom stereocenters. The molecule has 0 saturated heterocycles. The minimum absolute atomic E-state index is 0.0655. The Balaban J connectivity index is 1.74. The lowest BCUT2D eigenvalue weighted by atomic mass is 10.1. The fraction of sp³-hybridized carbons (Fsp3) is 0.429. The lowest BCUT2D eigenvalue weighted by molar-refractivity contribution is -0.124. The van der Waals surface area contributed by atoms with Gasteiger partial charge in [0.25, 0.3) is 0 Å². The van der Waals surface area contributed by atoms with Gasteiger partial charge in [0.15, 0.2) is 12.0 Å². The summed E-state index contributed by atoms with van der Waals surface area (Å²) in [4.78, 5) is 15.5. The van der Waals surface area contributed by atoms with Crippen LogP contribution in [0.3, 0.4) is 0 Å². The highest BCUT2D eigenvalue weighted by atomic mass is 16.3. The largest absolute Gasteiger partial charge is 0.443 e. The summed E-state index contributed by atoms with van der Waals surface area (Å²) in [6, 6.07) is 6.04. The predicted octanol–water partition coefficient (Wildman–Crippen LogP) is 2.13. The summed E-state index contributed by atoms with van der Waals surface area (Å²) in [5.74, 6) is 0.0655. The Labute approximate surface area is 112 Å². The van der Waals surface area contributed by atoms with Crippen LogP contribution >= 0.6 is 0 Å². The third kappa shape index (κ3) is 4.06. The van der Waals surface area contributed by atoms with Crippen molar-refractivity contribution in [1.82, 2.24) is 15.4 Å². The highest BCUT2D eigenvalue weighted by molar-refractivity contribution is 5.75. The molecule has 0 fully saturated rings. The number of oxazole rings is 1. The molecule has 0 aliphatic rings. The maximum atomic E-state index is 11.4. The fourth-order valence-electron chi connectivity index (χ4n) is 1.97. The number of nitrogens with zero attached hydrogens (tertiary/aromatic N) is 2. The Kier molecular flexibility index (Phi) is 4.52. The third-order valence-corrected chi connectivity index (χ3v) is 2.86. The molecule has 2 rings (SSSR count).